The maximum atomic E-state index is 12.9. The van der Waals surface area contributed by atoms with E-state index in [4.69, 9.17) is 0 Å². The first-order valence-electron chi connectivity index (χ1n) is 8.04. The number of aryl methyl sites for hydroxylation is 2. The third-order valence-electron chi connectivity index (χ3n) is 4.53. The van der Waals surface area contributed by atoms with Gasteiger partial charge in [-0.15, -0.1) is 0 Å². The topological polar surface area (TPSA) is 4.93 Å². The Hall–Kier alpha value is -2.75. The lowest BCUT2D eigenvalue weighted by Crippen LogP contribution is -2.05. The van der Waals surface area contributed by atoms with Crippen LogP contribution in [0, 0.1) is 13.8 Å². The van der Waals surface area contributed by atoms with Crippen LogP contribution >= 0.6 is 0 Å². The quantitative estimate of drug-likeness (QED) is 0.377. The highest BCUT2D eigenvalue weighted by Gasteiger charge is 2.30. The summed E-state index contributed by atoms with van der Waals surface area (Å²) in [4.78, 5) is 0. The van der Waals surface area contributed by atoms with Gasteiger partial charge in [-0.3, -0.25) is 0 Å². The van der Waals surface area contributed by atoms with Crippen molar-refractivity contribution < 1.29 is 13.2 Å². The Kier molecular flexibility index (Phi) is 3.39. The molecule has 1 nitrogen and oxygen atoms in total. The molecule has 0 aliphatic rings. The minimum absolute atomic E-state index is 0.635. The number of rotatable bonds is 1. The fraction of sp³-hybridized carbons (Fsp3) is 0.143. The minimum atomic E-state index is -4.33. The van der Waals surface area contributed by atoms with E-state index in [1.165, 1.54) is 12.1 Å². The largest absolute Gasteiger partial charge is 0.416 e. The first kappa shape index (κ1) is 15.8. The van der Waals surface area contributed by atoms with Gasteiger partial charge in [-0.2, -0.15) is 13.2 Å². The lowest BCUT2D eigenvalue weighted by Gasteiger charge is -2.11. The molecule has 0 spiro atoms. The van der Waals surface area contributed by atoms with E-state index >= 15 is 0 Å². The van der Waals surface area contributed by atoms with Crippen molar-refractivity contribution in [2.45, 2.75) is 20.0 Å². The van der Waals surface area contributed by atoms with Crippen LogP contribution in [-0.2, 0) is 6.18 Å². The van der Waals surface area contributed by atoms with Gasteiger partial charge < -0.3 is 4.57 Å². The summed E-state index contributed by atoms with van der Waals surface area (Å²) >= 11 is 0. The van der Waals surface area contributed by atoms with E-state index in [1.54, 1.807) is 0 Å². The van der Waals surface area contributed by atoms with Gasteiger partial charge in [0.05, 0.1) is 16.6 Å². The number of nitrogens with zero attached hydrogens (tertiary/aromatic N) is 1. The number of hydrogen-bond donors (Lipinski definition) is 0. The van der Waals surface area contributed by atoms with Crippen molar-refractivity contribution in [2.75, 3.05) is 0 Å². The van der Waals surface area contributed by atoms with Crippen LogP contribution in [0.5, 0.6) is 0 Å². The molecule has 25 heavy (non-hydrogen) atoms. The lowest BCUT2D eigenvalue weighted by atomic mass is 10.1. The first-order chi connectivity index (χ1) is 11.8. The van der Waals surface area contributed by atoms with E-state index in [1.807, 2.05) is 42.7 Å². The summed E-state index contributed by atoms with van der Waals surface area (Å²) in [6, 6.07) is 17.7. The van der Waals surface area contributed by atoms with Crippen LogP contribution in [0.25, 0.3) is 27.5 Å². The van der Waals surface area contributed by atoms with Crippen LogP contribution < -0.4 is 0 Å². The molecule has 0 aliphatic heterocycles. The van der Waals surface area contributed by atoms with Crippen molar-refractivity contribution in [3.8, 4) is 5.69 Å². The summed E-state index contributed by atoms with van der Waals surface area (Å²) in [5.41, 5.74) is 4.38. The van der Waals surface area contributed by atoms with Gasteiger partial charge in [0.15, 0.2) is 0 Å². The van der Waals surface area contributed by atoms with Gasteiger partial charge in [0.2, 0.25) is 0 Å². The molecule has 0 aliphatic carbocycles. The zero-order valence-electron chi connectivity index (χ0n) is 13.9. The number of benzene rings is 3. The Morgan fingerprint density at radius 3 is 1.60 bits per heavy atom. The van der Waals surface area contributed by atoms with Crippen molar-refractivity contribution in [1.29, 1.82) is 0 Å². The van der Waals surface area contributed by atoms with Crippen molar-refractivity contribution in [1.82, 2.24) is 4.57 Å². The van der Waals surface area contributed by atoms with Crippen LogP contribution in [0.15, 0.2) is 60.7 Å². The molecule has 1 heterocycles. The van der Waals surface area contributed by atoms with Gasteiger partial charge in [-0.05, 0) is 62.4 Å². The highest BCUT2D eigenvalue weighted by molar-refractivity contribution is 6.09. The van der Waals surface area contributed by atoms with E-state index in [2.05, 4.69) is 12.1 Å². The SMILES string of the molecule is Cc1ccc2c(c1)c1cc(C)ccc1n2-c1ccc(C(F)(F)F)cc1. The third-order valence-corrected chi connectivity index (χ3v) is 4.53. The Balaban J connectivity index is 2.03. The van der Waals surface area contributed by atoms with Gasteiger partial charge in [0.25, 0.3) is 0 Å². The molecule has 0 saturated heterocycles. The molecule has 0 unspecified atom stereocenters. The molecule has 4 heteroatoms. The van der Waals surface area contributed by atoms with Gasteiger partial charge in [-0.25, -0.2) is 0 Å². The smallest absolute Gasteiger partial charge is 0.309 e. The summed E-state index contributed by atoms with van der Waals surface area (Å²) in [6.45, 7) is 4.08. The molecule has 4 rings (SSSR count). The fourth-order valence-corrected chi connectivity index (χ4v) is 3.33. The second-order valence-electron chi connectivity index (χ2n) is 6.42. The highest BCUT2D eigenvalue weighted by atomic mass is 19.4. The maximum absolute atomic E-state index is 12.9. The number of fused-ring (bicyclic) bond motifs is 3. The number of hydrogen-bond acceptors (Lipinski definition) is 0. The molecule has 0 fully saturated rings. The normalized spacial score (nSPS) is 12.2. The monoisotopic (exact) mass is 339 g/mol. The molecule has 0 amide bonds. The summed E-state index contributed by atoms with van der Waals surface area (Å²) in [6.07, 6.45) is -4.33. The predicted molar refractivity (Wildman–Crippen MR) is 95.3 cm³/mol. The second kappa shape index (κ2) is 5.38. The van der Waals surface area contributed by atoms with Gasteiger partial charge >= 0.3 is 6.18 Å². The zero-order chi connectivity index (χ0) is 17.8. The van der Waals surface area contributed by atoms with E-state index < -0.39 is 11.7 Å². The molecular weight excluding hydrogens is 323 g/mol. The van der Waals surface area contributed by atoms with Gasteiger partial charge in [-0.1, -0.05) is 23.3 Å². The average Bonchev–Trinajstić information content (AvgIpc) is 2.87. The zero-order valence-corrected chi connectivity index (χ0v) is 13.9. The molecule has 0 radical (unpaired) electrons. The highest BCUT2D eigenvalue weighted by Crippen LogP contribution is 2.34. The van der Waals surface area contributed by atoms with E-state index in [9.17, 15) is 13.2 Å². The first-order valence-corrected chi connectivity index (χ1v) is 8.04. The maximum Gasteiger partial charge on any atom is 0.416 e. The standard InChI is InChI=1S/C21H16F3N/c1-13-3-9-19-17(11-13)18-12-14(2)4-10-20(18)25(19)16-7-5-15(6-8-16)21(22,23)24/h3-12H,1-2H3. The molecule has 126 valence electrons. The molecule has 4 aromatic rings. The molecule has 0 bridgehead atoms. The van der Waals surface area contributed by atoms with Crippen LogP contribution in [0.1, 0.15) is 16.7 Å². The molecule has 0 saturated carbocycles. The van der Waals surface area contributed by atoms with Crippen LogP contribution in [0.3, 0.4) is 0 Å². The summed E-state index contributed by atoms with van der Waals surface area (Å²) in [7, 11) is 0. The van der Waals surface area contributed by atoms with Gasteiger partial charge in [0.1, 0.15) is 0 Å². The van der Waals surface area contributed by atoms with E-state index in [0.717, 1.165) is 50.8 Å². The van der Waals surface area contributed by atoms with Crippen molar-refractivity contribution in [2.24, 2.45) is 0 Å². The molecule has 0 N–H and O–H groups in total. The fourth-order valence-electron chi connectivity index (χ4n) is 3.33. The van der Waals surface area contributed by atoms with Gasteiger partial charge in [0, 0.05) is 16.5 Å². The Morgan fingerprint density at radius 2 is 1.16 bits per heavy atom. The lowest BCUT2D eigenvalue weighted by molar-refractivity contribution is -0.137. The summed E-state index contributed by atoms with van der Waals surface area (Å²) in [5.74, 6) is 0. The average molecular weight is 339 g/mol. The van der Waals surface area contributed by atoms with Crippen LogP contribution in [-0.4, -0.2) is 4.57 Å². The van der Waals surface area contributed by atoms with Crippen LogP contribution in [0.2, 0.25) is 0 Å². The second-order valence-corrected chi connectivity index (χ2v) is 6.42. The van der Waals surface area contributed by atoms with Crippen molar-refractivity contribution in [3.63, 3.8) is 0 Å². The van der Waals surface area contributed by atoms with Crippen LogP contribution in [0.4, 0.5) is 13.2 Å². The van der Waals surface area contributed by atoms with E-state index in [0.29, 0.717) is 0 Å². The minimum Gasteiger partial charge on any atom is -0.309 e. The summed E-state index contributed by atoms with van der Waals surface area (Å²) < 4.78 is 40.6. The molecular formula is C21H16F3N. The Bertz CT molecular complexity index is 1030. The third kappa shape index (κ3) is 2.58. The summed E-state index contributed by atoms with van der Waals surface area (Å²) in [5, 5.41) is 2.22. The molecule has 0 atom stereocenters. The Morgan fingerprint density at radius 1 is 0.680 bits per heavy atom. The van der Waals surface area contributed by atoms with Crippen molar-refractivity contribution >= 4 is 21.8 Å². The predicted octanol–water partition coefficient (Wildman–Crippen LogP) is 6.42. The number of halogens is 3. The molecule has 3 aromatic carbocycles. The Labute approximate surface area is 143 Å². The van der Waals surface area contributed by atoms with E-state index in [-0.39, 0.29) is 0 Å². The van der Waals surface area contributed by atoms with Crippen molar-refractivity contribution in [3.05, 3.63) is 77.4 Å². The number of aromatic nitrogens is 1. The number of alkyl halides is 3. The molecule has 1 aromatic heterocycles.